The summed E-state index contributed by atoms with van der Waals surface area (Å²) in [7, 11) is 0. The number of rotatable bonds is 3. The van der Waals surface area contributed by atoms with Crippen LogP contribution in [0, 0.1) is 0 Å². The molecule has 0 saturated heterocycles. The quantitative estimate of drug-likeness (QED) is 0.671. The molecule has 1 unspecified atom stereocenters. The topological polar surface area (TPSA) is 109 Å². The van der Waals surface area contributed by atoms with Crippen LogP contribution in [0.5, 0.6) is 0 Å². The van der Waals surface area contributed by atoms with E-state index < -0.39 is 11.9 Å². The molecule has 144 valence electrons. The lowest BCUT2D eigenvalue weighted by Crippen LogP contribution is -2.22. The Balaban J connectivity index is 1.68. The van der Waals surface area contributed by atoms with Gasteiger partial charge in [0.1, 0.15) is 0 Å². The lowest BCUT2D eigenvalue weighted by Gasteiger charge is -2.19. The number of nitrogens with zero attached hydrogens (tertiary/aromatic N) is 4. The number of halogens is 2. The van der Waals surface area contributed by atoms with Gasteiger partial charge in [0.05, 0.1) is 28.5 Å². The van der Waals surface area contributed by atoms with Gasteiger partial charge in [0, 0.05) is 23.2 Å². The first-order valence-electron chi connectivity index (χ1n) is 8.42. The Morgan fingerprint density at radius 3 is 2.68 bits per heavy atom. The number of hydrogen-bond acceptors (Lipinski definition) is 5. The second-order valence-corrected chi connectivity index (χ2v) is 8.08. The van der Waals surface area contributed by atoms with E-state index in [2.05, 4.69) is 20.4 Å². The van der Waals surface area contributed by atoms with Crippen LogP contribution in [0.1, 0.15) is 47.9 Å². The van der Waals surface area contributed by atoms with Crippen molar-refractivity contribution >= 4 is 46.4 Å². The van der Waals surface area contributed by atoms with Crippen molar-refractivity contribution in [2.45, 2.75) is 31.6 Å². The summed E-state index contributed by atoms with van der Waals surface area (Å²) in [5, 5.41) is 16.4. The number of hydrogen-bond donors (Lipinski definition) is 2. The maximum absolute atomic E-state index is 13.0. The van der Waals surface area contributed by atoms with Crippen LogP contribution in [0.2, 0.25) is 10.2 Å². The molecular formula is C18H15Cl2N5O3. The van der Waals surface area contributed by atoms with E-state index in [9.17, 15) is 9.59 Å². The summed E-state index contributed by atoms with van der Waals surface area (Å²) < 4.78 is 1.69. The first kappa shape index (κ1) is 18.6. The zero-order valence-electron chi connectivity index (χ0n) is 14.9. The average molecular weight is 420 g/mol. The number of anilines is 1. The molecule has 0 bridgehead atoms. The number of fused-ring (bicyclic) bond motifs is 3. The van der Waals surface area contributed by atoms with Gasteiger partial charge in [-0.15, -0.1) is 0 Å². The summed E-state index contributed by atoms with van der Waals surface area (Å²) in [6.45, 7) is 4.07. The Morgan fingerprint density at radius 2 is 2.00 bits per heavy atom. The van der Waals surface area contributed by atoms with Crippen LogP contribution in [0.15, 0.2) is 24.5 Å². The highest BCUT2D eigenvalue weighted by Gasteiger charge is 2.43. The second-order valence-electron chi connectivity index (χ2n) is 7.29. The van der Waals surface area contributed by atoms with E-state index in [0.29, 0.717) is 22.9 Å². The largest absolute Gasteiger partial charge is 0.476 e. The van der Waals surface area contributed by atoms with Gasteiger partial charge in [0.15, 0.2) is 16.5 Å². The number of carboxylic acids is 1. The third-order valence-corrected chi connectivity index (χ3v) is 5.31. The van der Waals surface area contributed by atoms with Crippen LogP contribution >= 0.6 is 23.2 Å². The number of aromatic carboxylic acids is 1. The van der Waals surface area contributed by atoms with E-state index in [0.717, 1.165) is 11.3 Å². The molecule has 2 N–H and O–H groups in total. The molecule has 0 spiro atoms. The van der Waals surface area contributed by atoms with Crippen LogP contribution < -0.4 is 5.32 Å². The van der Waals surface area contributed by atoms with E-state index in [1.807, 2.05) is 13.8 Å². The molecule has 0 aliphatic heterocycles. The van der Waals surface area contributed by atoms with E-state index in [4.69, 9.17) is 28.3 Å². The minimum absolute atomic E-state index is 0.0491. The van der Waals surface area contributed by atoms with Crippen molar-refractivity contribution in [3.8, 4) is 0 Å². The zero-order valence-corrected chi connectivity index (χ0v) is 16.4. The molecule has 1 atom stereocenters. The summed E-state index contributed by atoms with van der Waals surface area (Å²) in [6.07, 6.45) is 3.50. The highest BCUT2D eigenvalue weighted by Crippen LogP contribution is 2.46. The predicted molar refractivity (Wildman–Crippen MR) is 103 cm³/mol. The lowest BCUT2D eigenvalue weighted by atomic mass is 9.88. The van der Waals surface area contributed by atoms with Crippen LogP contribution in [-0.2, 0) is 10.2 Å². The van der Waals surface area contributed by atoms with Crippen molar-refractivity contribution in [3.05, 3.63) is 51.7 Å². The third-order valence-electron chi connectivity index (χ3n) is 4.84. The Bertz CT molecular complexity index is 1140. The minimum atomic E-state index is -1.23. The molecule has 0 aromatic carbocycles. The van der Waals surface area contributed by atoms with Crippen molar-refractivity contribution in [1.29, 1.82) is 0 Å². The van der Waals surface area contributed by atoms with Gasteiger partial charge < -0.3 is 10.4 Å². The first-order valence-corrected chi connectivity index (χ1v) is 9.17. The zero-order chi connectivity index (χ0) is 20.2. The molecule has 10 heteroatoms. The molecule has 4 rings (SSSR count). The SMILES string of the molecule is CC1(C)CC(C(=O)Nc2cnc(C(=O)O)c(Cl)c2)c2cnc3cc(Cl)nn3c21. The van der Waals surface area contributed by atoms with Crippen molar-refractivity contribution < 1.29 is 14.7 Å². The number of carbonyl (C=O) groups is 2. The van der Waals surface area contributed by atoms with E-state index in [1.54, 1.807) is 16.8 Å². The fourth-order valence-electron chi connectivity index (χ4n) is 3.70. The van der Waals surface area contributed by atoms with Crippen LogP contribution in [-0.4, -0.2) is 36.6 Å². The molecule has 3 aromatic heterocycles. The molecule has 3 aromatic rings. The summed E-state index contributed by atoms with van der Waals surface area (Å²) in [5.41, 5.74) is 2.02. The summed E-state index contributed by atoms with van der Waals surface area (Å²) in [6, 6.07) is 3.04. The van der Waals surface area contributed by atoms with Gasteiger partial charge in [0.2, 0.25) is 5.91 Å². The van der Waals surface area contributed by atoms with Crippen LogP contribution in [0.25, 0.3) is 5.65 Å². The minimum Gasteiger partial charge on any atom is -0.476 e. The molecular weight excluding hydrogens is 405 g/mol. The number of amides is 1. The number of carbonyl (C=O) groups excluding carboxylic acids is 1. The highest BCUT2D eigenvalue weighted by atomic mass is 35.5. The van der Waals surface area contributed by atoms with Gasteiger partial charge in [0.25, 0.3) is 0 Å². The van der Waals surface area contributed by atoms with Gasteiger partial charge in [-0.1, -0.05) is 37.0 Å². The highest BCUT2D eigenvalue weighted by molar-refractivity contribution is 6.33. The Labute approximate surface area is 169 Å². The fraction of sp³-hybridized carbons (Fsp3) is 0.278. The van der Waals surface area contributed by atoms with Crippen molar-refractivity contribution in [2.24, 2.45) is 0 Å². The van der Waals surface area contributed by atoms with E-state index in [1.165, 1.54) is 12.3 Å². The normalized spacial score (nSPS) is 17.5. The molecule has 1 amide bonds. The van der Waals surface area contributed by atoms with E-state index >= 15 is 0 Å². The van der Waals surface area contributed by atoms with Crippen molar-refractivity contribution in [1.82, 2.24) is 19.6 Å². The number of nitrogens with one attached hydrogen (secondary N) is 1. The molecule has 0 radical (unpaired) electrons. The first-order chi connectivity index (χ1) is 13.2. The van der Waals surface area contributed by atoms with Crippen molar-refractivity contribution in [3.63, 3.8) is 0 Å². The molecule has 28 heavy (non-hydrogen) atoms. The summed E-state index contributed by atoms with van der Waals surface area (Å²) in [4.78, 5) is 32.1. The molecule has 0 fully saturated rings. The van der Waals surface area contributed by atoms with Crippen LogP contribution in [0.3, 0.4) is 0 Å². The molecule has 0 saturated carbocycles. The lowest BCUT2D eigenvalue weighted by molar-refractivity contribution is -0.117. The Kier molecular flexibility index (Phi) is 4.28. The Morgan fingerprint density at radius 1 is 1.25 bits per heavy atom. The van der Waals surface area contributed by atoms with Gasteiger partial charge in [-0.3, -0.25) is 4.79 Å². The summed E-state index contributed by atoms with van der Waals surface area (Å²) >= 11 is 12.0. The third kappa shape index (κ3) is 2.98. The Hall–Kier alpha value is -2.71. The number of pyridine rings is 1. The van der Waals surface area contributed by atoms with Gasteiger partial charge >= 0.3 is 5.97 Å². The van der Waals surface area contributed by atoms with Gasteiger partial charge in [-0.05, 0) is 12.5 Å². The molecule has 1 aliphatic rings. The van der Waals surface area contributed by atoms with E-state index in [-0.39, 0.29) is 22.0 Å². The molecule has 8 nitrogen and oxygen atoms in total. The maximum atomic E-state index is 13.0. The smallest absolute Gasteiger partial charge is 0.356 e. The van der Waals surface area contributed by atoms with Crippen LogP contribution in [0.4, 0.5) is 5.69 Å². The number of carboxylic acid groups (broad SMARTS) is 1. The fourth-order valence-corrected chi connectivity index (χ4v) is 4.12. The maximum Gasteiger partial charge on any atom is 0.356 e. The van der Waals surface area contributed by atoms with Crippen molar-refractivity contribution in [2.75, 3.05) is 5.32 Å². The second kappa shape index (κ2) is 6.42. The molecule has 3 heterocycles. The van der Waals surface area contributed by atoms with Gasteiger partial charge in [-0.2, -0.15) is 5.10 Å². The number of aromatic nitrogens is 4. The summed E-state index contributed by atoms with van der Waals surface area (Å²) in [5.74, 6) is -1.95. The molecule has 1 aliphatic carbocycles. The standard InChI is InChI=1S/C18H15Cl2N5O3/c1-18(2)5-9(10-7-21-13-4-12(20)24-25(13)15(10)18)16(26)23-8-3-11(19)14(17(27)28)22-6-8/h3-4,6-7,9H,5H2,1-2H3,(H,23,26)(H,27,28). The average Bonchev–Trinajstić information content (AvgIpc) is 3.10. The van der Waals surface area contributed by atoms with Gasteiger partial charge in [-0.25, -0.2) is 19.3 Å². The predicted octanol–water partition coefficient (Wildman–Crippen LogP) is 3.53. The monoisotopic (exact) mass is 419 g/mol.